The molecule has 0 fully saturated rings. The zero-order valence-electron chi connectivity index (χ0n) is 17.9. The Morgan fingerprint density at radius 2 is 2.03 bits per heavy atom. The lowest BCUT2D eigenvalue weighted by Gasteiger charge is -2.17. The maximum absolute atomic E-state index is 14.5. The van der Waals surface area contributed by atoms with Crippen LogP contribution in [0.4, 0.5) is 15.9 Å². The summed E-state index contributed by atoms with van der Waals surface area (Å²) in [5.41, 5.74) is 1.95. The van der Waals surface area contributed by atoms with Crippen molar-refractivity contribution < 1.29 is 13.9 Å². The molecule has 3 aromatic rings. The summed E-state index contributed by atoms with van der Waals surface area (Å²) >= 11 is 0. The van der Waals surface area contributed by atoms with Crippen LogP contribution in [0.1, 0.15) is 41.4 Å². The van der Waals surface area contributed by atoms with E-state index in [2.05, 4.69) is 32.2 Å². The molecule has 1 atom stereocenters. The van der Waals surface area contributed by atoms with Crippen LogP contribution in [0.15, 0.2) is 36.7 Å². The lowest BCUT2D eigenvalue weighted by atomic mass is 10.1. The zero-order valence-corrected chi connectivity index (χ0v) is 17.9. The first-order valence-electron chi connectivity index (χ1n) is 9.68. The number of amides is 1. The number of anilines is 2. The van der Waals surface area contributed by atoms with Crippen molar-refractivity contribution in [1.82, 2.24) is 15.0 Å². The molecule has 3 rings (SSSR count). The van der Waals surface area contributed by atoms with Crippen molar-refractivity contribution in [3.8, 4) is 5.88 Å². The third kappa shape index (κ3) is 5.03. The van der Waals surface area contributed by atoms with E-state index in [1.165, 1.54) is 25.4 Å². The molecule has 2 aromatic heterocycles. The van der Waals surface area contributed by atoms with E-state index in [0.717, 1.165) is 5.56 Å². The first-order valence-corrected chi connectivity index (χ1v) is 9.68. The Labute approximate surface area is 179 Å². The number of rotatable bonds is 6. The summed E-state index contributed by atoms with van der Waals surface area (Å²) in [7, 11) is 1.52. The van der Waals surface area contributed by atoms with Gasteiger partial charge in [0.2, 0.25) is 5.88 Å². The lowest BCUT2D eigenvalue weighted by molar-refractivity contribution is 0.102. The summed E-state index contributed by atoms with van der Waals surface area (Å²) in [5, 5.41) is 7.12. The number of benzene rings is 1. The number of carbonyl (C=O) groups excluding carboxylic acids is 1. The molecule has 2 N–H and O–H groups in total. The molecule has 0 aliphatic heterocycles. The number of pyridine rings is 1. The molecule has 0 aliphatic rings. The van der Waals surface area contributed by atoms with E-state index in [-0.39, 0.29) is 5.91 Å². The van der Waals surface area contributed by atoms with Crippen LogP contribution in [0, 0.1) is 12.7 Å². The van der Waals surface area contributed by atoms with Crippen LogP contribution in [0.2, 0.25) is 0 Å². The Hall–Kier alpha value is -3.81. The zero-order chi connectivity index (χ0) is 22.5. The van der Waals surface area contributed by atoms with Crippen LogP contribution in [-0.2, 0) is 0 Å². The van der Waals surface area contributed by atoms with E-state index >= 15 is 0 Å². The Balaban J connectivity index is 1.79. The first-order chi connectivity index (χ1) is 14.8. The Bertz CT molecular complexity index is 1230. The van der Waals surface area contributed by atoms with Gasteiger partial charge in [0.05, 0.1) is 35.6 Å². The minimum absolute atomic E-state index is 0.351. The average Bonchev–Trinajstić information content (AvgIpc) is 2.75. The molecular weight excluding hydrogens is 397 g/mol. The Morgan fingerprint density at radius 3 is 2.68 bits per heavy atom. The second-order valence-electron chi connectivity index (χ2n) is 6.98. The van der Waals surface area contributed by atoms with E-state index in [9.17, 15) is 9.18 Å². The maximum Gasteiger partial charge on any atom is 0.257 e. The van der Waals surface area contributed by atoms with Gasteiger partial charge in [-0.25, -0.2) is 14.4 Å². The smallest absolute Gasteiger partial charge is 0.257 e. The van der Waals surface area contributed by atoms with Gasteiger partial charge in [-0.3, -0.25) is 9.78 Å². The SMILES string of the molecule is C=c1nc(NC(C)c2cc(NC(=O)c3cnc(OC)c(C)c3)ccc2F)cn/c1=C/C. The molecule has 1 aromatic carbocycles. The third-order valence-corrected chi connectivity index (χ3v) is 4.72. The van der Waals surface area contributed by atoms with Crippen LogP contribution in [0.5, 0.6) is 5.88 Å². The summed E-state index contributed by atoms with van der Waals surface area (Å²) < 4.78 is 19.6. The van der Waals surface area contributed by atoms with Gasteiger partial charge in [0.1, 0.15) is 11.6 Å². The van der Waals surface area contributed by atoms with Gasteiger partial charge in [-0.15, -0.1) is 0 Å². The van der Waals surface area contributed by atoms with Crippen LogP contribution in [0.25, 0.3) is 12.7 Å². The number of aryl methyl sites for hydroxylation is 1. The summed E-state index contributed by atoms with van der Waals surface area (Å²) in [4.78, 5) is 25.3. The fourth-order valence-electron chi connectivity index (χ4n) is 3.10. The molecule has 0 saturated carbocycles. The first kappa shape index (κ1) is 21.9. The minimum atomic E-state index is -0.424. The number of halogens is 1. The third-order valence-electron chi connectivity index (χ3n) is 4.72. The van der Waals surface area contributed by atoms with E-state index in [1.807, 2.05) is 13.0 Å². The number of nitrogens with zero attached hydrogens (tertiary/aromatic N) is 3. The monoisotopic (exact) mass is 421 g/mol. The highest BCUT2D eigenvalue weighted by molar-refractivity contribution is 6.04. The second kappa shape index (κ2) is 9.34. The van der Waals surface area contributed by atoms with Crippen LogP contribution in [0.3, 0.4) is 0 Å². The highest BCUT2D eigenvalue weighted by Crippen LogP contribution is 2.24. The summed E-state index contributed by atoms with van der Waals surface area (Å²) in [6, 6.07) is 5.66. The average molecular weight is 421 g/mol. The maximum atomic E-state index is 14.5. The molecule has 7 nitrogen and oxygen atoms in total. The second-order valence-corrected chi connectivity index (χ2v) is 6.98. The van der Waals surface area contributed by atoms with Crippen LogP contribution in [-0.4, -0.2) is 28.0 Å². The van der Waals surface area contributed by atoms with E-state index in [0.29, 0.717) is 39.2 Å². The Kier molecular flexibility index (Phi) is 6.59. The van der Waals surface area contributed by atoms with Gasteiger partial charge in [-0.05, 0) is 45.0 Å². The van der Waals surface area contributed by atoms with Crippen LogP contribution < -0.4 is 26.1 Å². The molecule has 1 unspecified atom stereocenters. The van der Waals surface area contributed by atoms with Gasteiger partial charge in [-0.2, -0.15) is 0 Å². The predicted octanol–water partition coefficient (Wildman–Crippen LogP) is 2.96. The number of hydrogen-bond donors (Lipinski definition) is 2. The topological polar surface area (TPSA) is 89.0 Å². The van der Waals surface area contributed by atoms with Gasteiger partial charge < -0.3 is 15.4 Å². The molecule has 8 heteroatoms. The fraction of sp³-hybridized carbons (Fsp3) is 0.217. The fourth-order valence-corrected chi connectivity index (χ4v) is 3.10. The summed E-state index contributed by atoms with van der Waals surface area (Å²) in [5.74, 6) is 0.187. The standard InChI is InChI=1S/C23H24FN5O2/c1-6-20-15(4)28-21(12-25-20)27-14(3)18-10-17(7-8-19(18)24)29-22(30)16-9-13(2)23(31-5)26-11-16/h6-12,14H,4H2,1-3,5H3,(H,27,28)(H,29,30)/b20-6+. The number of nitrogens with one attached hydrogen (secondary N) is 2. The summed E-state index contributed by atoms with van der Waals surface area (Å²) in [6.45, 7) is 9.32. The van der Waals surface area contributed by atoms with E-state index in [4.69, 9.17) is 4.74 Å². The number of ether oxygens (including phenoxy) is 1. The normalized spacial score (nSPS) is 12.4. The van der Waals surface area contributed by atoms with E-state index in [1.54, 1.807) is 32.2 Å². The number of methoxy groups -OCH3 is 1. The lowest BCUT2D eigenvalue weighted by Crippen LogP contribution is -2.30. The quantitative estimate of drug-likeness (QED) is 0.636. The number of carbonyl (C=O) groups is 1. The van der Waals surface area contributed by atoms with Crippen molar-refractivity contribution in [2.24, 2.45) is 0 Å². The molecular formula is C23H24FN5O2. The van der Waals surface area contributed by atoms with Crippen molar-refractivity contribution in [2.75, 3.05) is 17.7 Å². The van der Waals surface area contributed by atoms with E-state index < -0.39 is 11.9 Å². The summed E-state index contributed by atoms with van der Waals surface area (Å²) in [6.07, 6.45) is 4.82. The molecule has 0 bridgehead atoms. The van der Waals surface area contributed by atoms with Crippen molar-refractivity contribution in [1.29, 1.82) is 0 Å². The van der Waals surface area contributed by atoms with Crippen molar-refractivity contribution in [3.63, 3.8) is 0 Å². The van der Waals surface area contributed by atoms with Gasteiger partial charge >= 0.3 is 0 Å². The van der Waals surface area contributed by atoms with Crippen molar-refractivity contribution in [3.05, 3.63) is 69.9 Å². The highest BCUT2D eigenvalue weighted by Gasteiger charge is 2.15. The molecule has 0 aliphatic carbocycles. The molecule has 2 heterocycles. The largest absolute Gasteiger partial charge is 0.481 e. The Morgan fingerprint density at radius 1 is 1.26 bits per heavy atom. The minimum Gasteiger partial charge on any atom is -0.481 e. The molecule has 0 spiro atoms. The predicted molar refractivity (Wildman–Crippen MR) is 119 cm³/mol. The highest BCUT2D eigenvalue weighted by atomic mass is 19.1. The van der Waals surface area contributed by atoms with Gasteiger partial charge in [-0.1, -0.05) is 12.7 Å². The number of hydrogen-bond acceptors (Lipinski definition) is 6. The molecule has 31 heavy (non-hydrogen) atoms. The van der Waals surface area contributed by atoms with Gasteiger partial charge in [0.15, 0.2) is 0 Å². The molecule has 1 amide bonds. The number of aromatic nitrogens is 3. The molecule has 0 radical (unpaired) electrons. The van der Waals surface area contributed by atoms with Gasteiger partial charge in [0.25, 0.3) is 5.91 Å². The van der Waals surface area contributed by atoms with Crippen molar-refractivity contribution >= 4 is 30.1 Å². The molecule has 160 valence electrons. The van der Waals surface area contributed by atoms with Crippen molar-refractivity contribution in [2.45, 2.75) is 26.8 Å². The van der Waals surface area contributed by atoms with Crippen LogP contribution >= 0.6 is 0 Å². The molecule has 0 saturated heterocycles. The van der Waals surface area contributed by atoms with Gasteiger partial charge in [0, 0.05) is 23.0 Å².